The minimum Gasteiger partial charge on any atom is -0.366 e. The van der Waals surface area contributed by atoms with Crippen LogP contribution in [0.1, 0.15) is 40.4 Å². The standard InChI is InChI=1S/C22H27N3O3S/c1-5-19(24-29(27,28)21-15(3)10-14(2)11-16(21)4)13-25-9-8-17-12-18(22(23)26)6-7-20(17)25/h6-12,19,24H,5,13H2,1-4H3,(H2,23,26). The largest absolute Gasteiger partial charge is 0.366 e. The van der Waals surface area contributed by atoms with Crippen molar-refractivity contribution in [2.45, 2.75) is 51.6 Å². The zero-order valence-corrected chi connectivity index (χ0v) is 18.0. The number of nitrogens with zero attached hydrogens (tertiary/aromatic N) is 1. The summed E-state index contributed by atoms with van der Waals surface area (Å²) < 4.78 is 31.1. The Hall–Kier alpha value is -2.64. The third-order valence-corrected chi connectivity index (χ3v) is 6.99. The molecule has 7 heteroatoms. The van der Waals surface area contributed by atoms with Crippen molar-refractivity contribution >= 4 is 26.8 Å². The van der Waals surface area contributed by atoms with E-state index >= 15 is 0 Å². The summed E-state index contributed by atoms with van der Waals surface area (Å²) in [6.45, 7) is 8.05. The van der Waals surface area contributed by atoms with E-state index in [2.05, 4.69) is 4.72 Å². The third kappa shape index (κ3) is 4.36. The minimum absolute atomic E-state index is 0.272. The molecular formula is C22H27N3O3S. The molecule has 1 atom stereocenters. The van der Waals surface area contributed by atoms with Crippen LogP contribution >= 0.6 is 0 Å². The van der Waals surface area contributed by atoms with Crippen molar-refractivity contribution in [3.05, 3.63) is 64.8 Å². The van der Waals surface area contributed by atoms with Crippen LogP contribution in [0.3, 0.4) is 0 Å². The SMILES string of the molecule is CCC(Cn1ccc2cc(C(N)=O)ccc21)NS(=O)(=O)c1c(C)cc(C)cc1C. The predicted molar refractivity (Wildman–Crippen MR) is 116 cm³/mol. The highest BCUT2D eigenvalue weighted by Gasteiger charge is 2.23. The number of carbonyl (C=O) groups is 1. The average molecular weight is 414 g/mol. The first kappa shape index (κ1) is 21.1. The zero-order chi connectivity index (χ0) is 21.3. The Labute approximate surface area is 171 Å². The molecule has 0 bridgehead atoms. The molecule has 0 aliphatic heterocycles. The van der Waals surface area contributed by atoms with Crippen molar-refractivity contribution in [3.63, 3.8) is 0 Å². The summed E-state index contributed by atoms with van der Waals surface area (Å²) in [7, 11) is -3.65. The van der Waals surface area contributed by atoms with Gasteiger partial charge in [-0.25, -0.2) is 13.1 Å². The number of amides is 1. The van der Waals surface area contributed by atoms with Crippen molar-refractivity contribution in [1.82, 2.24) is 9.29 Å². The molecule has 0 fully saturated rings. The molecule has 0 saturated carbocycles. The van der Waals surface area contributed by atoms with Crippen LogP contribution in [-0.4, -0.2) is 24.9 Å². The average Bonchev–Trinajstić information content (AvgIpc) is 3.01. The molecule has 0 radical (unpaired) electrons. The van der Waals surface area contributed by atoms with Crippen LogP contribution in [0.4, 0.5) is 0 Å². The Morgan fingerprint density at radius 1 is 1.10 bits per heavy atom. The number of hydrogen-bond acceptors (Lipinski definition) is 3. The number of rotatable bonds is 7. The van der Waals surface area contributed by atoms with E-state index in [1.165, 1.54) is 0 Å². The topological polar surface area (TPSA) is 94.2 Å². The molecule has 0 spiro atoms. The summed E-state index contributed by atoms with van der Waals surface area (Å²) >= 11 is 0. The van der Waals surface area contributed by atoms with Gasteiger partial charge in [0, 0.05) is 35.2 Å². The van der Waals surface area contributed by atoms with Crippen LogP contribution in [0, 0.1) is 20.8 Å². The first-order chi connectivity index (χ1) is 13.6. The maximum atomic E-state index is 13.1. The second kappa shape index (κ2) is 8.00. The molecule has 6 nitrogen and oxygen atoms in total. The fourth-order valence-corrected chi connectivity index (χ4v) is 5.63. The summed E-state index contributed by atoms with van der Waals surface area (Å²) in [5.41, 5.74) is 9.26. The number of carbonyl (C=O) groups excluding carboxylic acids is 1. The number of nitrogens with one attached hydrogen (secondary N) is 1. The van der Waals surface area contributed by atoms with Gasteiger partial charge in [0.15, 0.2) is 0 Å². The summed E-state index contributed by atoms with van der Waals surface area (Å²) in [6, 6.07) is 10.7. The number of aryl methyl sites for hydroxylation is 3. The van der Waals surface area contributed by atoms with Gasteiger partial charge < -0.3 is 10.3 Å². The Balaban J connectivity index is 1.88. The van der Waals surface area contributed by atoms with Gasteiger partial charge in [-0.05, 0) is 62.6 Å². The van der Waals surface area contributed by atoms with E-state index in [4.69, 9.17) is 5.73 Å². The van der Waals surface area contributed by atoms with E-state index < -0.39 is 15.9 Å². The lowest BCUT2D eigenvalue weighted by Crippen LogP contribution is -2.38. The second-order valence-corrected chi connectivity index (χ2v) is 9.21. The first-order valence-corrected chi connectivity index (χ1v) is 11.1. The zero-order valence-electron chi connectivity index (χ0n) is 17.2. The van der Waals surface area contributed by atoms with E-state index in [9.17, 15) is 13.2 Å². The molecule has 0 aliphatic rings. The maximum Gasteiger partial charge on any atom is 0.248 e. The van der Waals surface area contributed by atoms with Gasteiger partial charge in [-0.15, -0.1) is 0 Å². The van der Waals surface area contributed by atoms with Gasteiger partial charge in [-0.3, -0.25) is 4.79 Å². The van der Waals surface area contributed by atoms with Crippen molar-refractivity contribution in [1.29, 1.82) is 0 Å². The summed E-state index contributed by atoms with van der Waals surface area (Å²) in [5, 5.41) is 0.893. The molecule has 1 unspecified atom stereocenters. The molecule has 3 N–H and O–H groups in total. The molecule has 1 amide bonds. The molecule has 154 valence electrons. The van der Waals surface area contributed by atoms with Gasteiger partial charge in [-0.2, -0.15) is 0 Å². The van der Waals surface area contributed by atoms with E-state index in [0.29, 0.717) is 23.4 Å². The summed E-state index contributed by atoms with van der Waals surface area (Å²) in [5.74, 6) is -0.470. The van der Waals surface area contributed by atoms with Crippen LogP contribution in [-0.2, 0) is 16.6 Å². The van der Waals surface area contributed by atoms with Crippen molar-refractivity contribution in [3.8, 4) is 0 Å². The van der Waals surface area contributed by atoms with Gasteiger partial charge in [0.05, 0.1) is 4.90 Å². The maximum absolute atomic E-state index is 13.1. The Bertz CT molecular complexity index is 1160. The molecule has 3 rings (SSSR count). The van der Waals surface area contributed by atoms with E-state index in [1.54, 1.807) is 12.1 Å². The Morgan fingerprint density at radius 3 is 2.34 bits per heavy atom. The number of nitrogens with two attached hydrogens (primary N) is 1. The number of benzene rings is 2. The van der Waals surface area contributed by atoms with E-state index in [0.717, 1.165) is 27.6 Å². The monoisotopic (exact) mass is 413 g/mol. The molecule has 0 aliphatic carbocycles. The molecule has 1 heterocycles. The molecular weight excluding hydrogens is 386 g/mol. The predicted octanol–water partition coefficient (Wildman–Crippen LogP) is 3.42. The van der Waals surface area contributed by atoms with E-state index in [-0.39, 0.29) is 6.04 Å². The van der Waals surface area contributed by atoms with Crippen molar-refractivity contribution in [2.24, 2.45) is 5.73 Å². The van der Waals surface area contributed by atoms with Crippen LogP contribution in [0.2, 0.25) is 0 Å². The smallest absolute Gasteiger partial charge is 0.248 e. The quantitative estimate of drug-likeness (QED) is 0.621. The normalized spacial score (nSPS) is 13.0. The van der Waals surface area contributed by atoms with Crippen LogP contribution in [0.15, 0.2) is 47.5 Å². The van der Waals surface area contributed by atoms with Crippen molar-refractivity contribution < 1.29 is 13.2 Å². The summed E-state index contributed by atoms with van der Waals surface area (Å²) in [6.07, 6.45) is 2.54. The van der Waals surface area contributed by atoms with Gasteiger partial charge in [0.1, 0.15) is 0 Å². The first-order valence-electron chi connectivity index (χ1n) is 9.61. The highest BCUT2D eigenvalue weighted by molar-refractivity contribution is 7.89. The molecule has 3 aromatic rings. The highest BCUT2D eigenvalue weighted by atomic mass is 32.2. The van der Waals surface area contributed by atoms with Gasteiger partial charge in [0.25, 0.3) is 0 Å². The van der Waals surface area contributed by atoms with E-state index in [1.807, 2.05) is 62.7 Å². The molecule has 0 saturated heterocycles. The fraction of sp³-hybridized carbons (Fsp3) is 0.318. The lowest BCUT2D eigenvalue weighted by molar-refractivity contribution is 0.100. The van der Waals surface area contributed by atoms with Crippen LogP contribution in [0.5, 0.6) is 0 Å². The van der Waals surface area contributed by atoms with Crippen molar-refractivity contribution in [2.75, 3.05) is 0 Å². The number of hydrogen-bond donors (Lipinski definition) is 2. The van der Waals surface area contributed by atoms with Crippen LogP contribution in [0.25, 0.3) is 10.9 Å². The lowest BCUT2D eigenvalue weighted by atomic mass is 10.1. The minimum atomic E-state index is -3.65. The fourth-order valence-electron chi connectivity index (χ4n) is 3.87. The number of fused-ring (bicyclic) bond motifs is 1. The summed E-state index contributed by atoms with van der Waals surface area (Å²) in [4.78, 5) is 11.7. The molecule has 2 aromatic carbocycles. The number of aromatic nitrogens is 1. The van der Waals surface area contributed by atoms with Gasteiger partial charge in [0.2, 0.25) is 15.9 Å². The van der Waals surface area contributed by atoms with Crippen LogP contribution < -0.4 is 10.5 Å². The second-order valence-electron chi connectivity index (χ2n) is 7.56. The number of sulfonamides is 1. The third-order valence-electron chi connectivity index (χ3n) is 5.16. The number of primary amides is 1. The Morgan fingerprint density at radius 2 is 1.76 bits per heavy atom. The molecule has 1 aromatic heterocycles. The van der Waals surface area contributed by atoms with Gasteiger partial charge in [-0.1, -0.05) is 24.6 Å². The Kier molecular flexibility index (Phi) is 5.82. The van der Waals surface area contributed by atoms with Gasteiger partial charge >= 0.3 is 0 Å². The highest BCUT2D eigenvalue weighted by Crippen LogP contribution is 2.23. The molecule has 29 heavy (non-hydrogen) atoms. The lowest BCUT2D eigenvalue weighted by Gasteiger charge is -2.20.